The Morgan fingerprint density at radius 2 is 1.44 bits per heavy atom. The van der Waals surface area contributed by atoms with E-state index in [1.54, 1.807) is 26.8 Å². The molecule has 0 saturated carbocycles. The van der Waals surface area contributed by atoms with Crippen LogP contribution in [0.4, 0.5) is 0 Å². The lowest BCUT2D eigenvalue weighted by Crippen LogP contribution is -2.61. The third-order valence-corrected chi connectivity index (χ3v) is 14.1. The van der Waals surface area contributed by atoms with Crippen molar-refractivity contribution in [3.8, 4) is 5.75 Å². The van der Waals surface area contributed by atoms with Crippen LogP contribution in [0, 0.1) is 18.8 Å². The second-order valence-electron chi connectivity index (χ2n) is 17.8. The summed E-state index contributed by atoms with van der Waals surface area (Å²) in [7, 11) is 2.05. The number of phenols is 1. The van der Waals surface area contributed by atoms with Crippen LogP contribution in [0.3, 0.4) is 0 Å². The number of nitrogens with two attached hydrogens (primary N) is 4. The standard InChI is InChI=1S/C44H68N12O12S2/c1-6-22(4)36-43(67)50-27(11-12-33(46)58)39(63)52-30(17-34(47)59)40(64)54-31(44(68)56-13-7-8-32(56)42(66)53-28(14-21(2)3)38(62)49-18-35(48)60)20-70-69-19-26(45)37(61)51-29(41(65)55-36)16-24-9-10-25(57)15-23(24)5/h9-10,15,21-22,26-32,36,57H,6-8,11-14,16-20,45H2,1-5H3,(H2,46,58)(H2,47,59)(H2,48,60)(H,49,62)(H,50,67)(H,51,61)(H,52,63)(H,53,66)(H,54,64)(H,55,65)/t22-,26-,27-,28-,29-,30-,31-,32-,36-/m0/s1. The maximum absolute atomic E-state index is 14.5. The number of rotatable bonds is 17. The Morgan fingerprint density at radius 1 is 0.814 bits per heavy atom. The normalized spacial score (nSPS) is 24.1. The minimum atomic E-state index is -1.75. The number of primary amides is 3. The monoisotopic (exact) mass is 1020 g/mol. The smallest absolute Gasteiger partial charge is 0.246 e. The Bertz CT molecular complexity index is 2110. The van der Waals surface area contributed by atoms with Gasteiger partial charge < -0.3 is 70.2 Å². The van der Waals surface area contributed by atoms with Gasteiger partial charge in [0.1, 0.15) is 48.0 Å². The fourth-order valence-corrected chi connectivity index (χ4v) is 9.88. The number of aromatic hydroxyl groups is 1. The van der Waals surface area contributed by atoms with Crippen LogP contribution >= 0.6 is 21.6 Å². The van der Waals surface area contributed by atoms with Crippen LogP contribution in [0.25, 0.3) is 0 Å². The molecule has 0 spiro atoms. The zero-order chi connectivity index (χ0) is 52.4. The average molecular weight is 1020 g/mol. The third kappa shape index (κ3) is 18.3. The number of amides is 11. The predicted octanol–water partition coefficient (Wildman–Crippen LogP) is -3.30. The van der Waals surface area contributed by atoms with Crippen molar-refractivity contribution in [3.05, 3.63) is 29.3 Å². The summed E-state index contributed by atoms with van der Waals surface area (Å²) in [4.78, 5) is 148. The molecule has 2 aliphatic rings. The molecule has 2 saturated heterocycles. The van der Waals surface area contributed by atoms with Crippen molar-refractivity contribution < 1.29 is 57.8 Å². The van der Waals surface area contributed by atoms with Gasteiger partial charge in [0, 0.05) is 30.9 Å². The number of carbonyl (C=O) groups excluding carboxylic acids is 11. The van der Waals surface area contributed by atoms with E-state index >= 15 is 0 Å². The number of benzene rings is 1. The van der Waals surface area contributed by atoms with Gasteiger partial charge in [-0.1, -0.05) is 61.8 Å². The molecule has 0 unspecified atom stereocenters. The first-order chi connectivity index (χ1) is 32.9. The highest BCUT2D eigenvalue weighted by Gasteiger charge is 2.41. The van der Waals surface area contributed by atoms with Crippen molar-refractivity contribution in [1.29, 1.82) is 0 Å². The highest BCUT2D eigenvalue weighted by atomic mass is 33.1. The van der Waals surface area contributed by atoms with Crippen LogP contribution in [-0.4, -0.2) is 148 Å². The Hall–Kier alpha value is -6.15. The van der Waals surface area contributed by atoms with Gasteiger partial charge in [0.05, 0.1) is 19.0 Å². The van der Waals surface area contributed by atoms with Crippen molar-refractivity contribution in [3.63, 3.8) is 0 Å². The molecule has 0 bridgehead atoms. The van der Waals surface area contributed by atoms with E-state index in [1.807, 2.05) is 13.8 Å². The molecule has 1 aromatic carbocycles. The minimum absolute atomic E-state index is 0.0305. The number of hydrogen-bond donors (Lipinski definition) is 12. The molecule has 24 nitrogen and oxygen atoms in total. The zero-order valence-corrected chi connectivity index (χ0v) is 41.6. The summed E-state index contributed by atoms with van der Waals surface area (Å²) in [6.45, 7) is 8.30. The summed E-state index contributed by atoms with van der Waals surface area (Å²) in [6.07, 6.45) is -0.692. The Morgan fingerprint density at radius 3 is 2.06 bits per heavy atom. The Labute approximate surface area is 413 Å². The van der Waals surface area contributed by atoms with Gasteiger partial charge in [0.25, 0.3) is 0 Å². The fourth-order valence-electron chi connectivity index (χ4n) is 7.60. The van der Waals surface area contributed by atoms with Gasteiger partial charge in [-0.25, -0.2) is 0 Å². The number of aryl methyl sites for hydroxylation is 1. The van der Waals surface area contributed by atoms with E-state index in [0.29, 0.717) is 24.0 Å². The van der Waals surface area contributed by atoms with Crippen LogP contribution in [0.5, 0.6) is 5.75 Å². The van der Waals surface area contributed by atoms with Gasteiger partial charge in [-0.05, 0) is 67.7 Å². The molecule has 16 N–H and O–H groups in total. The molecule has 1 aromatic rings. The van der Waals surface area contributed by atoms with Crippen molar-refractivity contribution in [2.24, 2.45) is 34.8 Å². The highest BCUT2D eigenvalue weighted by Crippen LogP contribution is 2.26. The highest BCUT2D eigenvalue weighted by molar-refractivity contribution is 8.76. The lowest BCUT2D eigenvalue weighted by molar-refractivity contribution is -0.142. The van der Waals surface area contributed by atoms with Crippen molar-refractivity contribution in [1.82, 2.24) is 42.1 Å². The second-order valence-corrected chi connectivity index (χ2v) is 20.4. The van der Waals surface area contributed by atoms with E-state index in [-0.39, 0.29) is 49.0 Å². The lowest BCUT2D eigenvalue weighted by Gasteiger charge is -2.31. The fraction of sp³-hybridized carbons (Fsp3) is 0.614. The zero-order valence-electron chi connectivity index (χ0n) is 40.0. The Kier molecular flexibility index (Phi) is 23.2. The van der Waals surface area contributed by atoms with Gasteiger partial charge in [-0.3, -0.25) is 52.7 Å². The van der Waals surface area contributed by atoms with Crippen LogP contribution in [0.15, 0.2) is 18.2 Å². The largest absolute Gasteiger partial charge is 0.508 e. The van der Waals surface area contributed by atoms with Crippen molar-refractivity contribution in [2.75, 3.05) is 24.6 Å². The number of likely N-dealkylation sites (tertiary alicyclic amines) is 1. The van der Waals surface area contributed by atoms with Crippen molar-refractivity contribution in [2.45, 2.75) is 134 Å². The first-order valence-electron chi connectivity index (χ1n) is 23.0. The second kappa shape index (κ2) is 27.9. The molecule has 0 aliphatic carbocycles. The van der Waals surface area contributed by atoms with E-state index in [2.05, 4.69) is 37.2 Å². The quantitative estimate of drug-likeness (QED) is 0.0681. The third-order valence-electron chi connectivity index (χ3n) is 11.7. The molecule has 0 aromatic heterocycles. The summed E-state index contributed by atoms with van der Waals surface area (Å²) in [6, 6.07) is -6.46. The van der Waals surface area contributed by atoms with Gasteiger partial charge in [0.15, 0.2) is 0 Å². The maximum atomic E-state index is 14.5. The van der Waals surface area contributed by atoms with Gasteiger partial charge in [0.2, 0.25) is 65.0 Å². The number of carbonyl (C=O) groups is 11. The molecular weight excluding hydrogens is 953 g/mol. The summed E-state index contributed by atoms with van der Waals surface area (Å²) in [5.41, 5.74) is 23.6. The molecule has 388 valence electrons. The molecule has 3 rings (SSSR count). The average Bonchev–Trinajstić information content (AvgIpc) is 3.78. The first-order valence-corrected chi connectivity index (χ1v) is 25.4. The lowest BCUT2D eigenvalue weighted by atomic mass is 9.95. The van der Waals surface area contributed by atoms with E-state index in [0.717, 1.165) is 21.6 Å². The molecule has 11 amide bonds. The number of nitrogens with one attached hydrogen (secondary N) is 7. The van der Waals surface area contributed by atoms with Crippen LogP contribution < -0.4 is 60.2 Å². The Balaban J connectivity index is 2.07. The summed E-state index contributed by atoms with van der Waals surface area (Å²) >= 11 is 0. The summed E-state index contributed by atoms with van der Waals surface area (Å²) in [5, 5.41) is 27.9. The van der Waals surface area contributed by atoms with E-state index in [9.17, 15) is 57.8 Å². The van der Waals surface area contributed by atoms with Gasteiger partial charge in [-0.2, -0.15) is 0 Å². The predicted molar refractivity (Wildman–Crippen MR) is 259 cm³/mol. The molecular formula is C44H68N12O12S2. The summed E-state index contributed by atoms with van der Waals surface area (Å²) < 4.78 is 0. The van der Waals surface area contributed by atoms with Crippen LogP contribution in [-0.2, 0) is 59.2 Å². The molecule has 0 radical (unpaired) electrons. The molecule has 2 fully saturated rings. The summed E-state index contributed by atoms with van der Waals surface area (Å²) in [5.74, 6) is -10.4. The minimum Gasteiger partial charge on any atom is -0.508 e. The topological polar surface area (TPSA) is 400 Å². The van der Waals surface area contributed by atoms with Crippen molar-refractivity contribution >= 4 is 86.6 Å². The SMILES string of the molecule is CC[C@H](C)[C@@H]1NC(=O)[C@H](Cc2ccc(O)cc2C)NC(=O)[C@@H](N)CSSC[C@@H](C(=O)N2CCC[C@H]2C(=O)N[C@@H](CC(C)C)C(=O)NCC(N)=O)NC(=O)[C@H](CC(N)=O)NC(=O)[C@H](CCC(N)=O)NC1=O. The number of phenolic OH excluding ortho intramolecular Hbond substituents is 1. The van der Waals surface area contributed by atoms with Crippen LogP contribution in [0.2, 0.25) is 0 Å². The van der Waals surface area contributed by atoms with E-state index in [1.165, 1.54) is 17.0 Å². The molecule has 9 atom stereocenters. The van der Waals surface area contributed by atoms with Gasteiger partial charge in [-0.15, -0.1) is 0 Å². The van der Waals surface area contributed by atoms with Crippen LogP contribution in [0.1, 0.15) is 83.8 Å². The molecule has 2 heterocycles. The molecule has 2 aliphatic heterocycles. The van der Waals surface area contributed by atoms with Gasteiger partial charge >= 0.3 is 0 Å². The molecule has 70 heavy (non-hydrogen) atoms. The molecule has 26 heteroatoms. The number of nitrogens with zero attached hydrogens (tertiary/aromatic N) is 1. The van der Waals surface area contributed by atoms with E-state index in [4.69, 9.17) is 22.9 Å². The number of hydrogen-bond acceptors (Lipinski definition) is 15. The maximum Gasteiger partial charge on any atom is 0.246 e. The van der Waals surface area contributed by atoms with E-state index < -0.39 is 145 Å². The first kappa shape index (κ1) is 58.2.